The normalized spacial score (nSPS) is 12.7. The number of aliphatic carboxylic acids is 1. The molecule has 4 aromatic rings. The number of aromatic amines is 1. The van der Waals surface area contributed by atoms with Gasteiger partial charge >= 0.3 is 12.1 Å². The number of anilines is 1. The topological polar surface area (TPSA) is 138 Å². The van der Waals surface area contributed by atoms with Gasteiger partial charge in [-0.05, 0) is 60.2 Å². The summed E-state index contributed by atoms with van der Waals surface area (Å²) in [5.41, 5.74) is -0.0500. The number of alkyl halides is 3. The Bertz CT molecular complexity index is 1620. The summed E-state index contributed by atoms with van der Waals surface area (Å²) in [4.78, 5) is 14.2. The summed E-state index contributed by atoms with van der Waals surface area (Å²) in [6, 6.07) is 8.83. The molecular weight excluding hydrogens is 588 g/mol. The number of halogens is 5. The summed E-state index contributed by atoms with van der Waals surface area (Å²) in [6.07, 6.45) is -3.59. The number of phenols is 1. The molecule has 0 spiro atoms. The van der Waals surface area contributed by atoms with E-state index in [4.69, 9.17) is 23.7 Å². The molecule has 0 saturated heterocycles. The van der Waals surface area contributed by atoms with E-state index >= 15 is 0 Å². The minimum Gasteiger partial charge on any atom is -0.502 e. The minimum atomic E-state index is -4.62. The quantitative estimate of drug-likeness (QED) is 0.185. The zero-order chi connectivity index (χ0) is 28.5. The number of fused-ring (bicyclic) bond motifs is 1. The van der Waals surface area contributed by atoms with Gasteiger partial charge in [-0.2, -0.15) is 13.2 Å². The molecule has 9 nitrogen and oxygen atoms in total. The van der Waals surface area contributed by atoms with Crippen molar-refractivity contribution in [3.8, 4) is 17.2 Å². The fraction of sp³-hybridized carbons (Fsp3) is 0.125. The maximum atomic E-state index is 13.2. The molecule has 0 saturated carbocycles. The predicted molar refractivity (Wildman–Crippen MR) is 135 cm³/mol. The van der Waals surface area contributed by atoms with E-state index in [0.717, 1.165) is 12.1 Å². The Labute approximate surface area is 228 Å². The average Bonchev–Trinajstić information content (AvgIpc) is 3.32. The Morgan fingerprint density at radius 3 is 2.18 bits per heavy atom. The maximum absolute atomic E-state index is 13.2. The van der Waals surface area contributed by atoms with Gasteiger partial charge in [0.05, 0.1) is 15.4 Å². The van der Waals surface area contributed by atoms with Gasteiger partial charge < -0.3 is 29.1 Å². The lowest BCUT2D eigenvalue weighted by Gasteiger charge is -2.17. The SMILES string of the molecule is O=C(O)[C@@H](Cc1cc(OCl)c(O)c(OCl)c1)Nc1ccc2[nH]cc(S(=O)(=O)c3ccc(C(F)(F)F)cc3)c2c1. The summed E-state index contributed by atoms with van der Waals surface area (Å²) in [7, 11) is -4.23. The molecule has 15 heteroatoms. The molecule has 0 amide bonds. The Balaban J connectivity index is 1.65. The van der Waals surface area contributed by atoms with Crippen molar-refractivity contribution in [1.29, 1.82) is 0 Å². The summed E-state index contributed by atoms with van der Waals surface area (Å²) in [5, 5.41) is 22.7. The highest BCUT2D eigenvalue weighted by Crippen LogP contribution is 2.39. The van der Waals surface area contributed by atoms with Crippen LogP contribution in [0.3, 0.4) is 0 Å². The number of rotatable bonds is 9. The Hall–Kier alpha value is -3.81. The van der Waals surface area contributed by atoms with E-state index in [1.54, 1.807) is 0 Å². The lowest BCUT2D eigenvalue weighted by molar-refractivity contribution is -0.138. The van der Waals surface area contributed by atoms with Crippen molar-refractivity contribution in [3.05, 3.63) is 71.9 Å². The van der Waals surface area contributed by atoms with Crippen molar-refractivity contribution < 1.29 is 45.2 Å². The fourth-order valence-corrected chi connectivity index (χ4v) is 5.52. The molecule has 0 radical (unpaired) electrons. The summed E-state index contributed by atoms with van der Waals surface area (Å²) in [6.45, 7) is 0. The second-order valence-corrected chi connectivity index (χ2v) is 10.5. The number of nitrogens with one attached hydrogen (secondary N) is 2. The van der Waals surface area contributed by atoms with Crippen molar-refractivity contribution in [2.24, 2.45) is 0 Å². The molecule has 4 rings (SSSR count). The fourth-order valence-electron chi connectivity index (χ4n) is 3.87. The highest BCUT2D eigenvalue weighted by molar-refractivity contribution is 7.91. The molecule has 1 atom stereocenters. The Morgan fingerprint density at radius 1 is 1.03 bits per heavy atom. The zero-order valence-corrected chi connectivity index (χ0v) is 21.6. The number of sulfone groups is 1. The van der Waals surface area contributed by atoms with Crippen LogP contribution in [-0.4, -0.2) is 35.6 Å². The van der Waals surface area contributed by atoms with E-state index in [0.29, 0.717) is 23.2 Å². The maximum Gasteiger partial charge on any atom is 0.416 e. The predicted octanol–water partition coefficient (Wildman–Crippen LogP) is 5.90. The van der Waals surface area contributed by atoms with Gasteiger partial charge in [0.25, 0.3) is 0 Å². The van der Waals surface area contributed by atoms with E-state index in [2.05, 4.69) is 18.9 Å². The molecule has 0 aliphatic rings. The van der Waals surface area contributed by atoms with E-state index < -0.39 is 39.3 Å². The number of carboxylic acid groups (broad SMARTS) is 1. The second kappa shape index (κ2) is 10.8. The molecule has 3 aromatic carbocycles. The second-order valence-electron chi connectivity index (χ2n) is 8.27. The van der Waals surface area contributed by atoms with Gasteiger partial charge in [-0.25, -0.2) is 13.2 Å². The molecule has 0 unspecified atom stereocenters. The Kier molecular flexibility index (Phi) is 7.77. The molecule has 206 valence electrons. The van der Waals surface area contributed by atoms with Gasteiger partial charge in [-0.15, -0.1) is 0 Å². The highest BCUT2D eigenvalue weighted by atomic mass is 35.5. The van der Waals surface area contributed by atoms with Crippen LogP contribution in [0.1, 0.15) is 11.1 Å². The molecular formula is C24H17Cl2F3N2O7S. The third-order valence-electron chi connectivity index (χ3n) is 5.77. The smallest absolute Gasteiger partial charge is 0.416 e. The first-order valence-corrected chi connectivity index (χ1v) is 12.9. The van der Waals surface area contributed by atoms with Crippen LogP contribution in [0.2, 0.25) is 0 Å². The van der Waals surface area contributed by atoms with Crippen LogP contribution in [0.25, 0.3) is 10.9 Å². The number of hydrogen-bond acceptors (Lipinski definition) is 7. The van der Waals surface area contributed by atoms with Crippen molar-refractivity contribution in [2.45, 2.75) is 28.4 Å². The lowest BCUT2D eigenvalue weighted by Crippen LogP contribution is -2.31. The number of carbonyl (C=O) groups is 1. The number of aromatic hydroxyl groups is 1. The van der Waals surface area contributed by atoms with Gasteiger partial charge in [-0.1, -0.05) is 0 Å². The van der Waals surface area contributed by atoms with Gasteiger partial charge in [0.1, 0.15) is 29.8 Å². The van der Waals surface area contributed by atoms with Gasteiger partial charge in [-0.3, -0.25) is 0 Å². The van der Waals surface area contributed by atoms with Gasteiger partial charge in [0, 0.05) is 29.2 Å². The standard InChI is InChI=1S/C24H17Cl2F3N2O7S/c25-37-19-8-12(9-20(38-26)22(19)32)7-18(23(33)34)31-14-3-6-17-16(10-14)21(11-30-17)39(35,36)15-4-1-13(2-5-15)24(27,28)29/h1-6,8-11,18,30-32H,7H2,(H,33,34)/t18-/m1/s1. The number of carboxylic acids is 1. The van der Waals surface area contributed by atoms with Crippen molar-refractivity contribution in [1.82, 2.24) is 4.98 Å². The number of benzene rings is 3. The van der Waals surface area contributed by atoms with Crippen LogP contribution >= 0.6 is 23.7 Å². The van der Waals surface area contributed by atoms with E-state index in [1.165, 1.54) is 36.5 Å². The van der Waals surface area contributed by atoms with E-state index in [9.17, 15) is 36.6 Å². The van der Waals surface area contributed by atoms with Crippen LogP contribution in [0.4, 0.5) is 18.9 Å². The van der Waals surface area contributed by atoms with Gasteiger partial charge in [0.15, 0.2) is 11.5 Å². The van der Waals surface area contributed by atoms with Gasteiger partial charge in [0.2, 0.25) is 15.6 Å². The minimum absolute atomic E-state index is 0.169. The first-order chi connectivity index (χ1) is 18.3. The van der Waals surface area contributed by atoms with Crippen molar-refractivity contribution in [2.75, 3.05) is 5.32 Å². The lowest BCUT2D eigenvalue weighted by atomic mass is 10.0. The average molecular weight is 605 g/mol. The van der Waals surface area contributed by atoms with Crippen molar-refractivity contribution in [3.63, 3.8) is 0 Å². The van der Waals surface area contributed by atoms with Crippen LogP contribution in [0.5, 0.6) is 17.2 Å². The van der Waals surface area contributed by atoms with E-state index in [1.807, 2.05) is 0 Å². The zero-order valence-electron chi connectivity index (χ0n) is 19.3. The van der Waals surface area contributed by atoms with Crippen LogP contribution in [-0.2, 0) is 27.2 Å². The van der Waals surface area contributed by atoms with Crippen LogP contribution in [0.15, 0.2) is 70.6 Å². The van der Waals surface area contributed by atoms with Crippen LogP contribution in [0, 0.1) is 0 Å². The molecule has 39 heavy (non-hydrogen) atoms. The Morgan fingerprint density at radius 2 is 1.64 bits per heavy atom. The molecule has 0 aliphatic carbocycles. The summed E-state index contributed by atoms with van der Waals surface area (Å²) in [5.74, 6) is -2.21. The largest absolute Gasteiger partial charge is 0.502 e. The monoisotopic (exact) mass is 604 g/mol. The summed E-state index contributed by atoms with van der Waals surface area (Å²) >= 11 is 10.7. The molecule has 4 N–H and O–H groups in total. The first-order valence-electron chi connectivity index (χ1n) is 10.8. The molecule has 0 aliphatic heterocycles. The number of phenolic OH excluding ortho intramolecular Hbond substituents is 1. The summed E-state index contributed by atoms with van der Waals surface area (Å²) < 4.78 is 74.2. The van der Waals surface area contributed by atoms with Crippen LogP contribution < -0.4 is 13.9 Å². The third-order valence-corrected chi connectivity index (χ3v) is 7.91. The third kappa shape index (κ3) is 5.79. The number of aromatic nitrogens is 1. The van der Waals surface area contributed by atoms with E-state index in [-0.39, 0.29) is 38.8 Å². The number of H-pyrrole nitrogens is 1. The molecule has 1 aromatic heterocycles. The molecule has 0 fully saturated rings. The first kappa shape index (κ1) is 28.2. The highest BCUT2D eigenvalue weighted by Gasteiger charge is 2.31. The van der Waals surface area contributed by atoms with Crippen molar-refractivity contribution >= 4 is 56.1 Å². The molecule has 1 heterocycles. The molecule has 0 bridgehead atoms. The number of hydrogen-bond donors (Lipinski definition) is 4.